The minimum absolute atomic E-state index is 0.121. The van der Waals surface area contributed by atoms with Crippen molar-refractivity contribution >= 4 is 11.8 Å². The van der Waals surface area contributed by atoms with Crippen LogP contribution in [0.1, 0.15) is 68.2 Å². The summed E-state index contributed by atoms with van der Waals surface area (Å²) >= 11 is 0. The van der Waals surface area contributed by atoms with E-state index >= 15 is 0 Å². The number of nitrogens with zero attached hydrogens (tertiary/aromatic N) is 2. The second-order valence-electron chi connectivity index (χ2n) is 8.02. The fourth-order valence-electron chi connectivity index (χ4n) is 3.95. The number of allylic oxidation sites excluding steroid dienone is 2. The lowest BCUT2D eigenvalue weighted by molar-refractivity contribution is -0.150. The quantitative estimate of drug-likeness (QED) is 0.691. The van der Waals surface area contributed by atoms with Crippen molar-refractivity contribution in [2.75, 3.05) is 0 Å². The van der Waals surface area contributed by atoms with Crippen molar-refractivity contribution in [1.82, 2.24) is 9.80 Å². The Morgan fingerprint density at radius 1 is 0.667 bits per heavy atom. The van der Waals surface area contributed by atoms with Crippen molar-refractivity contribution in [3.63, 3.8) is 0 Å². The van der Waals surface area contributed by atoms with Gasteiger partial charge < -0.3 is 9.80 Å². The lowest BCUT2D eigenvalue weighted by atomic mass is 9.80. The Morgan fingerprint density at radius 2 is 0.917 bits per heavy atom. The average molecular weight is 337 g/mol. The summed E-state index contributed by atoms with van der Waals surface area (Å²) in [4.78, 5) is 30.2. The fraction of sp³-hybridized carbons (Fsp3) is 0.800. The summed E-state index contributed by atoms with van der Waals surface area (Å²) in [6, 6.07) is 0.576. The number of hydrogen-bond donors (Lipinski definition) is 0. The van der Waals surface area contributed by atoms with Crippen molar-refractivity contribution in [3.8, 4) is 0 Å². The highest BCUT2D eigenvalue weighted by Crippen LogP contribution is 2.31. The van der Waals surface area contributed by atoms with Gasteiger partial charge in [0.15, 0.2) is 0 Å². The SMILES string of the molecule is CC(C)N(C(=O)[C@H]1CC=CC[C@H]1C(=O)N(C(C)C)C(C)C)C(C)C. The van der Waals surface area contributed by atoms with Crippen molar-refractivity contribution < 1.29 is 9.59 Å². The summed E-state index contributed by atoms with van der Waals surface area (Å²) in [5.74, 6) is -0.245. The van der Waals surface area contributed by atoms with Gasteiger partial charge >= 0.3 is 0 Å². The highest BCUT2D eigenvalue weighted by atomic mass is 16.2. The summed E-state index contributed by atoms with van der Waals surface area (Å²) in [5, 5.41) is 0. The van der Waals surface area contributed by atoms with Crippen molar-refractivity contribution in [2.45, 2.75) is 92.4 Å². The number of carbonyl (C=O) groups excluding carboxylic acids is 2. The second kappa shape index (κ2) is 8.68. The molecule has 24 heavy (non-hydrogen) atoms. The molecule has 0 spiro atoms. The van der Waals surface area contributed by atoms with Gasteiger partial charge in [-0.25, -0.2) is 0 Å². The molecular formula is C20H36N2O2. The van der Waals surface area contributed by atoms with E-state index in [1.807, 2.05) is 65.2 Å². The summed E-state index contributed by atoms with van der Waals surface area (Å²) in [6.07, 6.45) is 5.44. The van der Waals surface area contributed by atoms with Gasteiger partial charge in [-0.2, -0.15) is 0 Å². The van der Waals surface area contributed by atoms with Crippen LogP contribution < -0.4 is 0 Å². The molecule has 0 aromatic carbocycles. The zero-order valence-electron chi connectivity index (χ0n) is 16.7. The molecule has 138 valence electrons. The van der Waals surface area contributed by atoms with Crippen LogP contribution >= 0.6 is 0 Å². The minimum atomic E-state index is -0.243. The minimum Gasteiger partial charge on any atom is -0.338 e. The van der Waals surface area contributed by atoms with Crippen LogP contribution in [0.15, 0.2) is 12.2 Å². The molecule has 0 aromatic rings. The number of amides is 2. The fourth-order valence-corrected chi connectivity index (χ4v) is 3.95. The number of hydrogen-bond acceptors (Lipinski definition) is 2. The van der Waals surface area contributed by atoms with Crippen LogP contribution in [-0.2, 0) is 9.59 Å². The van der Waals surface area contributed by atoms with Crippen molar-refractivity contribution in [2.24, 2.45) is 11.8 Å². The van der Waals surface area contributed by atoms with Crippen LogP contribution in [0.4, 0.5) is 0 Å². The van der Waals surface area contributed by atoms with E-state index in [4.69, 9.17) is 0 Å². The Labute approximate surface area is 148 Å². The molecular weight excluding hydrogens is 300 g/mol. The highest BCUT2D eigenvalue weighted by Gasteiger charge is 2.40. The molecule has 0 radical (unpaired) electrons. The first-order valence-electron chi connectivity index (χ1n) is 9.38. The molecule has 0 bridgehead atoms. The molecule has 0 heterocycles. The summed E-state index contributed by atoms with van der Waals surface area (Å²) in [5.41, 5.74) is 0. The lowest BCUT2D eigenvalue weighted by Crippen LogP contribution is -2.52. The monoisotopic (exact) mass is 336 g/mol. The molecule has 0 fully saturated rings. The van der Waals surface area contributed by atoms with Gasteiger partial charge in [-0.05, 0) is 68.2 Å². The molecule has 1 rings (SSSR count). The van der Waals surface area contributed by atoms with Gasteiger partial charge in [0, 0.05) is 24.2 Å². The van der Waals surface area contributed by atoms with Gasteiger partial charge in [-0.1, -0.05) is 12.2 Å². The van der Waals surface area contributed by atoms with Gasteiger partial charge in [0.1, 0.15) is 0 Å². The predicted molar refractivity (Wildman–Crippen MR) is 99.6 cm³/mol. The van der Waals surface area contributed by atoms with E-state index in [-0.39, 0.29) is 47.8 Å². The third-order valence-electron chi connectivity index (χ3n) is 4.80. The van der Waals surface area contributed by atoms with Crippen LogP contribution in [0, 0.1) is 11.8 Å². The van der Waals surface area contributed by atoms with Crippen LogP contribution in [0.3, 0.4) is 0 Å². The summed E-state index contributed by atoms with van der Waals surface area (Å²) in [6.45, 7) is 16.3. The zero-order valence-corrected chi connectivity index (χ0v) is 16.7. The molecule has 4 heteroatoms. The van der Waals surface area contributed by atoms with E-state index in [1.165, 1.54) is 0 Å². The maximum atomic E-state index is 13.2. The molecule has 0 saturated carbocycles. The summed E-state index contributed by atoms with van der Waals surface area (Å²) in [7, 11) is 0. The number of carbonyl (C=O) groups is 2. The summed E-state index contributed by atoms with van der Waals surface area (Å²) < 4.78 is 0. The van der Waals surface area contributed by atoms with E-state index < -0.39 is 0 Å². The topological polar surface area (TPSA) is 40.6 Å². The molecule has 0 aromatic heterocycles. The first-order valence-corrected chi connectivity index (χ1v) is 9.38. The molecule has 1 aliphatic carbocycles. The van der Waals surface area contributed by atoms with Crippen LogP contribution in [0.5, 0.6) is 0 Å². The molecule has 0 N–H and O–H groups in total. The number of rotatable bonds is 6. The highest BCUT2D eigenvalue weighted by molar-refractivity contribution is 5.89. The first kappa shape index (κ1) is 20.7. The first-order chi connectivity index (χ1) is 11.1. The normalized spacial score (nSPS) is 21.0. The van der Waals surface area contributed by atoms with Gasteiger partial charge in [-0.3, -0.25) is 9.59 Å². The van der Waals surface area contributed by atoms with Crippen LogP contribution in [0.25, 0.3) is 0 Å². The Morgan fingerprint density at radius 3 is 1.12 bits per heavy atom. The molecule has 0 saturated heterocycles. The van der Waals surface area contributed by atoms with Crippen LogP contribution in [0.2, 0.25) is 0 Å². The second-order valence-corrected chi connectivity index (χ2v) is 8.02. The maximum absolute atomic E-state index is 13.2. The molecule has 1 aliphatic rings. The average Bonchev–Trinajstić information content (AvgIpc) is 2.45. The maximum Gasteiger partial charge on any atom is 0.227 e. The Kier molecular flexibility index (Phi) is 7.50. The molecule has 0 aliphatic heterocycles. The third kappa shape index (κ3) is 4.61. The zero-order chi connectivity index (χ0) is 18.6. The molecule has 2 atom stereocenters. The Bertz CT molecular complexity index is 408. The van der Waals surface area contributed by atoms with Crippen molar-refractivity contribution in [1.29, 1.82) is 0 Å². The molecule has 2 amide bonds. The van der Waals surface area contributed by atoms with Gasteiger partial charge in [0.05, 0.1) is 11.8 Å². The lowest BCUT2D eigenvalue weighted by Gasteiger charge is -2.40. The Balaban J connectivity index is 3.10. The van der Waals surface area contributed by atoms with Crippen LogP contribution in [-0.4, -0.2) is 45.8 Å². The van der Waals surface area contributed by atoms with E-state index in [9.17, 15) is 9.59 Å². The van der Waals surface area contributed by atoms with E-state index in [0.717, 1.165) is 0 Å². The van der Waals surface area contributed by atoms with Gasteiger partial charge in [0.2, 0.25) is 11.8 Å². The predicted octanol–water partition coefficient (Wildman–Crippen LogP) is 3.86. The molecule has 0 unspecified atom stereocenters. The largest absolute Gasteiger partial charge is 0.338 e. The third-order valence-corrected chi connectivity index (χ3v) is 4.80. The van der Waals surface area contributed by atoms with E-state index in [2.05, 4.69) is 12.2 Å². The van der Waals surface area contributed by atoms with Gasteiger partial charge in [-0.15, -0.1) is 0 Å². The Hall–Kier alpha value is -1.32. The van der Waals surface area contributed by atoms with Crippen molar-refractivity contribution in [3.05, 3.63) is 12.2 Å². The van der Waals surface area contributed by atoms with Gasteiger partial charge in [0.25, 0.3) is 0 Å². The molecule has 4 nitrogen and oxygen atoms in total. The smallest absolute Gasteiger partial charge is 0.227 e. The van der Waals surface area contributed by atoms with E-state index in [1.54, 1.807) is 0 Å². The standard InChI is InChI=1S/C20H36N2O2/c1-13(2)21(14(3)4)19(23)17-11-9-10-12-18(17)20(24)22(15(5)6)16(7)8/h9-10,13-18H,11-12H2,1-8H3/t17-,18+. The van der Waals surface area contributed by atoms with E-state index in [0.29, 0.717) is 12.8 Å².